The number of hydrogen-bond acceptors (Lipinski definition) is 2. The number of carbonyl (C=O) groups excluding carboxylic acids is 1. The van der Waals surface area contributed by atoms with E-state index in [1.165, 1.54) is 12.8 Å². The second-order valence-corrected chi connectivity index (χ2v) is 6.38. The molecule has 1 aliphatic carbocycles. The molecule has 1 rings (SSSR count). The molecule has 0 aromatic carbocycles. The van der Waals surface area contributed by atoms with Crippen LogP contribution in [0.15, 0.2) is 0 Å². The van der Waals surface area contributed by atoms with Crippen molar-refractivity contribution in [2.75, 3.05) is 19.7 Å². The van der Waals surface area contributed by atoms with Gasteiger partial charge < -0.3 is 15.3 Å². The van der Waals surface area contributed by atoms with E-state index < -0.39 is 0 Å². The van der Waals surface area contributed by atoms with E-state index in [0.29, 0.717) is 12.6 Å². The first-order valence-corrected chi connectivity index (χ1v) is 7.65. The average molecular weight is 270 g/mol. The molecule has 1 fully saturated rings. The first-order chi connectivity index (χ1) is 9.00. The zero-order valence-electron chi connectivity index (χ0n) is 12.7. The van der Waals surface area contributed by atoms with Crippen molar-refractivity contribution >= 4 is 6.03 Å². The summed E-state index contributed by atoms with van der Waals surface area (Å²) in [6.07, 6.45) is 6.65. The highest BCUT2D eigenvalue weighted by molar-refractivity contribution is 5.74. The highest BCUT2D eigenvalue weighted by atomic mass is 16.3. The number of aliphatic hydroxyl groups excluding tert-OH is 1. The van der Waals surface area contributed by atoms with Gasteiger partial charge in [-0.2, -0.15) is 0 Å². The monoisotopic (exact) mass is 270 g/mol. The van der Waals surface area contributed by atoms with Gasteiger partial charge in [0.25, 0.3) is 0 Å². The Balaban J connectivity index is 2.25. The quantitative estimate of drug-likeness (QED) is 0.699. The van der Waals surface area contributed by atoms with Gasteiger partial charge in [0, 0.05) is 25.7 Å². The van der Waals surface area contributed by atoms with Gasteiger partial charge in [-0.25, -0.2) is 4.79 Å². The molecule has 0 aromatic heterocycles. The van der Waals surface area contributed by atoms with Gasteiger partial charge in [0.05, 0.1) is 0 Å². The number of urea groups is 1. The summed E-state index contributed by atoms with van der Waals surface area (Å²) in [5.74, 6) is 0. The molecule has 0 spiro atoms. The maximum absolute atomic E-state index is 12.1. The van der Waals surface area contributed by atoms with Gasteiger partial charge in [-0.05, 0) is 38.0 Å². The fraction of sp³-hybridized carbons (Fsp3) is 0.933. The largest absolute Gasteiger partial charge is 0.396 e. The van der Waals surface area contributed by atoms with Crippen molar-refractivity contribution < 1.29 is 9.90 Å². The number of aliphatic hydroxyl groups is 1. The summed E-state index contributed by atoms with van der Waals surface area (Å²) in [4.78, 5) is 14.1. The van der Waals surface area contributed by atoms with Crippen LogP contribution in [0.5, 0.6) is 0 Å². The maximum Gasteiger partial charge on any atom is 0.317 e. The van der Waals surface area contributed by atoms with E-state index in [1.807, 2.05) is 25.7 Å². The molecule has 0 unspecified atom stereocenters. The molecule has 0 atom stereocenters. The lowest BCUT2D eigenvalue weighted by Crippen LogP contribution is -2.45. The van der Waals surface area contributed by atoms with Gasteiger partial charge in [-0.15, -0.1) is 0 Å². The molecule has 4 nitrogen and oxygen atoms in total. The van der Waals surface area contributed by atoms with Crippen LogP contribution < -0.4 is 5.32 Å². The summed E-state index contributed by atoms with van der Waals surface area (Å²) in [6.45, 7) is 7.83. The van der Waals surface area contributed by atoms with Crippen LogP contribution in [-0.4, -0.2) is 41.8 Å². The lowest BCUT2D eigenvalue weighted by molar-refractivity contribution is 0.146. The number of hydrogen-bond donors (Lipinski definition) is 2. The van der Waals surface area contributed by atoms with Crippen molar-refractivity contribution in [1.82, 2.24) is 10.2 Å². The van der Waals surface area contributed by atoms with Crippen LogP contribution in [0.4, 0.5) is 4.79 Å². The third kappa shape index (κ3) is 5.39. The van der Waals surface area contributed by atoms with Crippen molar-refractivity contribution in [3.05, 3.63) is 0 Å². The lowest BCUT2D eigenvalue weighted by Gasteiger charge is -2.28. The molecule has 0 saturated heterocycles. The summed E-state index contributed by atoms with van der Waals surface area (Å²) in [5, 5.41) is 12.2. The Kier molecular flexibility index (Phi) is 6.63. The summed E-state index contributed by atoms with van der Waals surface area (Å²) >= 11 is 0. The molecule has 2 amide bonds. The van der Waals surface area contributed by atoms with Crippen molar-refractivity contribution in [3.8, 4) is 0 Å². The fourth-order valence-electron chi connectivity index (χ4n) is 2.73. The van der Waals surface area contributed by atoms with E-state index in [0.717, 1.165) is 32.2 Å². The predicted molar refractivity (Wildman–Crippen MR) is 78.1 cm³/mol. The van der Waals surface area contributed by atoms with Crippen molar-refractivity contribution in [3.63, 3.8) is 0 Å². The molecule has 0 bridgehead atoms. The molecule has 2 N–H and O–H groups in total. The number of amides is 2. The smallest absolute Gasteiger partial charge is 0.317 e. The Morgan fingerprint density at radius 2 is 2.00 bits per heavy atom. The second kappa shape index (κ2) is 7.73. The predicted octanol–water partition coefficient (Wildman–Crippen LogP) is 2.76. The highest BCUT2D eigenvalue weighted by Crippen LogP contribution is 2.23. The summed E-state index contributed by atoms with van der Waals surface area (Å²) in [5.41, 5.74) is -0.0410. The van der Waals surface area contributed by atoms with Gasteiger partial charge in [0.15, 0.2) is 0 Å². The zero-order chi connectivity index (χ0) is 14.3. The number of nitrogens with zero attached hydrogens (tertiary/aromatic N) is 1. The van der Waals surface area contributed by atoms with Crippen LogP contribution in [0, 0.1) is 5.41 Å². The van der Waals surface area contributed by atoms with E-state index in [-0.39, 0.29) is 18.1 Å². The van der Waals surface area contributed by atoms with Crippen LogP contribution in [0.2, 0.25) is 0 Å². The molecule has 112 valence electrons. The third-order valence-corrected chi connectivity index (χ3v) is 4.10. The third-order valence-electron chi connectivity index (χ3n) is 4.10. The topological polar surface area (TPSA) is 52.6 Å². The van der Waals surface area contributed by atoms with E-state index in [2.05, 4.69) is 5.32 Å². The van der Waals surface area contributed by atoms with Crippen LogP contribution in [0.1, 0.15) is 59.3 Å². The molecule has 0 aliphatic heterocycles. The Morgan fingerprint density at radius 1 is 1.37 bits per heavy atom. The molecule has 0 heterocycles. The summed E-state index contributed by atoms with van der Waals surface area (Å²) in [6, 6.07) is 0.523. The van der Waals surface area contributed by atoms with Gasteiger partial charge in [0.2, 0.25) is 0 Å². The molecule has 0 radical (unpaired) electrons. The van der Waals surface area contributed by atoms with Crippen molar-refractivity contribution in [2.45, 2.75) is 65.3 Å². The molecule has 0 aromatic rings. The maximum atomic E-state index is 12.1. The minimum Gasteiger partial charge on any atom is -0.396 e. The normalized spacial score (nSPS) is 16.6. The molecule has 4 heteroatoms. The van der Waals surface area contributed by atoms with Crippen LogP contribution in [0.25, 0.3) is 0 Å². The van der Waals surface area contributed by atoms with Gasteiger partial charge >= 0.3 is 6.03 Å². The second-order valence-electron chi connectivity index (χ2n) is 6.38. The Labute approximate surface area is 117 Å². The minimum atomic E-state index is -0.0410. The standard InChI is InChI=1S/C15H30N2O2/c1-4-17(13-8-5-6-9-13)14(19)16-11-7-10-15(2,3)12-18/h13,18H,4-12H2,1-3H3,(H,16,19). The highest BCUT2D eigenvalue weighted by Gasteiger charge is 2.25. The summed E-state index contributed by atoms with van der Waals surface area (Å²) < 4.78 is 0. The van der Waals surface area contributed by atoms with Crippen molar-refractivity contribution in [2.24, 2.45) is 5.41 Å². The van der Waals surface area contributed by atoms with Gasteiger partial charge in [-0.1, -0.05) is 26.7 Å². The van der Waals surface area contributed by atoms with Crippen molar-refractivity contribution in [1.29, 1.82) is 0 Å². The van der Waals surface area contributed by atoms with E-state index >= 15 is 0 Å². The number of nitrogens with one attached hydrogen (secondary N) is 1. The van der Waals surface area contributed by atoms with E-state index in [1.54, 1.807) is 0 Å². The van der Waals surface area contributed by atoms with Gasteiger partial charge in [0.1, 0.15) is 0 Å². The number of carbonyl (C=O) groups is 1. The minimum absolute atomic E-state index is 0.0410. The van der Waals surface area contributed by atoms with E-state index in [4.69, 9.17) is 0 Å². The van der Waals surface area contributed by atoms with Crippen LogP contribution >= 0.6 is 0 Å². The SMILES string of the molecule is CCN(C(=O)NCCCC(C)(C)CO)C1CCCC1. The first-order valence-electron chi connectivity index (χ1n) is 7.65. The Hall–Kier alpha value is -0.770. The van der Waals surface area contributed by atoms with E-state index in [9.17, 15) is 9.90 Å². The van der Waals surface area contributed by atoms with Crippen LogP contribution in [0.3, 0.4) is 0 Å². The number of rotatable bonds is 7. The molecule has 19 heavy (non-hydrogen) atoms. The molecular weight excluding hydrogens is 240 g/mol. The fourth-order valence-corrected chi connectivity index (χ4v) is 2.73. The molecular formula is C15H30N2O2. The summed E-state index contributed by atoms with van der Waals surface area (Å²) in [7, 11) is 0. The molecule has 1 aliphatic rings. The van der Waals surface area contributed by atoms with Gasteiger partial charge in [-0.3, -0.25) is 0 Å². The Morgan fingerprint density at radius 3 is 2.53 bits per heavy atom. The molecule has 1 saturated carbocycles. The van der Waals surface area contributed by atoms with Crippen LogP contribution in [-0.2, 0) is 0 Å². The zero-order valence-corrected chi connectivity index (χ0v) is 12.7. The first kappa shape index (κ1) is 16.3. The Bertz CT molecular complexity index is 273. The lowest BCUT2D eigenvalue weighted by atomic mass is 9.89. The average Bonchev–Trinajstić information content (AvgIpc) is 2.89.